The maximum absolute atomic E-state index is 12.3. The van der Waals surface area contributed by atoms with Gasteiger partial charge in [-0.1, -0.05) is 29.8 Å². The summed E-state index contributed by atoms with van der Waals surface area (Å²) < 4.78 is 6.45. The van der Waals surface area contributed by atoms with Crippen LogP contribution in [0.2, 0.25) is 5.02 Å². The van der Waals surface area contributed by atoms with Crippen LogP contribution in [0.5, 0.6) is 0 Å². The summed E-state index contributed by atoms with van der Waals surface area (Å²) in [6, 6.07) is 9.55. The Morgan fingerprint density at radius 2 is 2.04 bits per heavy atom. The predicted octanol–water partition coefficient (Wildman–Crippen LogP) is 4.92. The predicted molar refractivity (Wildman–Crippen MR) is 94.7 cm³/mol. The topological polar surface area (TPSA) is 54.6 Å². The zero-order valence-corrected chi connectivity index (χ0v) is 14.5. The van der Waals surface area contributed by atoms with Gasteiger partial charge in [0.15, 0.2) is 0 Å². The second-order valence-electron chi connectivity index (χ2n) is 5.21. The summed E-state index contributed by atoms with van der Waals surface area (Å²) in [5.74, 6) is 1.28. The molecule has 0 fully saturated rings. The van der Waals surface area contributed by atoms with Gasteiger partial charge >= 0.3 is 0 Å². The van der Waals surface area contributed by atoms with E-state index < -0.39 is 0 Å². The quantitative estimate of drug-likeness (QED) is 0.540. The van der Waals surface area contributed by atoms with Crippen molar-refractivity contribution in [2.75, 3.05) is 0 Å². The largest absolute Gasteiger partial charge is 0.466 e. The molecule has 0 spiro atoms. The lowest BCUT2D eigenvalue weighted by molar-refractivity contribution is 0.0959. The van der Waals surface area contributed by atoms with Crippen LogP contribution in [0, 0.1) is 13.8 Å². The van der Waals surface area contributed by atoms with E-state index in [1.165, 1.54) is 11.3 Å². The number of hydrazone groups is 1. The van der Waals surface area contributed by atoms with Gasteiger partial charge in [0.05, 0.1) is 10.7 Å². The maximum atomic E-state index is 12.3. The Morgan fingerprint density at radius 1 is 1.30 bits per heavy atom. The van der Waals surface area contributed by atoms with Gasteiger partial charge in [0, 0.05) is 15.6 Å². The van der Waals surface area contributed by atoms with E-state index in [1.54, 1.807) is 0 Å². The van der Waals surface area contributed by atoms with Crippen LogP contribution in [-0.4, -0.2) is 11.6 Å². The van der Waals surface area contributed by atoms with E-state index in [0.29, 0.717) is 15.6 Å². The van der Waals surface area contributed by atoms with Crippen molar-refractivity contribution in [3.63, 3.8) is 0 Å². The molecule has 23 heavy (non-hydrogen) atoms. The van der Waals surface area contributed by atoms with E-state index in [2.05, 4.69) is 10.5 Å². The highest BCUT2D eigenvalue weighted by atomic mass is 35.5. The minimum atomic E-state index is -0.312. The van der Waals surface area contributed by atoms with Gasteiger partial charge in [0.2, 0.25) is 0 Å². The number of nitrogens with zero attached hydrogens (tertiary/aromatic N) is 1. The van der Waals surface area contributed by atoms with E-state index in [-0.39, 0.29) is 5.91 Å². The summed E-state index contributed by atoms with van der Waals surface area (Å²) in [5.41, 5.74) is 4.13. The zero-order valence-electron chi connectivity index (χ0n) is 12.9. The fourth-order valence-electron chi connectivity index (χ4n) is 2.40. The summed E-state index contributed by atoms with van der Waals surface area (Å²) in [6.45, 7) is 5.56. The van der Waals surface area contributed by atoms with Crippen molar-refractivity contribution in [1.82, 2.24) is 5.43 Å². The van der Waals surface area contributed by atoms with Crippen LogP contribution in [0.3, 0.4) is 0 Å². The molecule has 0 atom stereocenters. The normalized spacial score (nSPS) is 11.9. The highest BCUT2D eigenvalue weighted by Crippen LogP contribution is 2.34. The molecule has 6 heteroatoms. The molecule has 0 bridgehead atoms. The molecule has 2 heterocycles. The number of halogens is 1. The third kappa shape index (κ3) is 3.02. The molecule has 0 aliphatic carbocycles. The van der Waals surface area contributed by atoms with Crippen molar-refractivity contribution in [3.05, 3.63) is 57.3 Å². The molecule has 2 aromatic heterocycles. The molecule has 4 nitrogen and oxygen atoms in total. The number of aryl methyl sites for hydroxylation is 2. The summed E-state index contributed by atoms with van der Waals surface area (Å²) in [5, 5.41) is 5.51. The molecule has 0 unspecified atom stereocenters. The molecule has 3 rings (SSSR count). The average Bonchev–Trinajstić information content (AvgIpc) is 3.05. The van der Waals surface area contributed by atoms with Gasteiger partial charge in [-0.05, 0) is 32.9 Å². The van der Waals surface area contributed by atoms with Crippen molar-refractivity contribution in [3.8, 4) is 0 Å². The Bertz CT molecular complexity index is 924. The van der Waals surface area contributed by atoms with Crippen molar-refractivity contribution >= 4 is 44.6 Å². The molecule has 0 aliphatic heterocycles. The maximum Gasteiger partial charge on any atom is 0.283 e. The van der Waals surface area contributed by atoms with Gasteiger partial charge < -0.3 is 4.42 Å². The van der Waals surface area contributed by atoms with Crippen LogP contribution in [0.15, 0.2) is 39.9 Å². The molecular weight excluding hydrogens is 332 g/mol. The molecule has 3 aromatic rings. The first-order chi connectivity index (χ1) is 11.0. The molecule has 118 valence electrons. The number of furan rings is 1. The van der Waals surface area contributed by atoms with Crippen molar-refractivity contribution < 1.29 is 9.21 Å². The van der Waals surface area contributed by atoms with E-state index >= 15 is 0 Å². The Labute approximate surface area is 142 Å². The number of fused-ring (bicyclic) bond motifs is 1. The lowest BCUT2D eigenvalue weighted by Gasteiger charge is -2.01. The summed E-state index contributed by atoms with van der Waals surface area (Å²) in [7, 11) is 0. The number of nitrogens with one attached hydrogen (secondary N) is 1. The zero-order chi connectivity index (χ0) is 16.6. The van der Waals surface area contributed by atoms with Crippen molar-refractivity contribution in [2.45, 2.75) is 20.8 Å². The van der Waals surface area contributed by atoms with Gasteiger partial charge in [0.1, 0.15) is 16.4 Å². The SMILES string of the molecule is C/C(=N/NC(=O)c1sc2ccccc2c1Cl)c1cc(C)oc1C. The summed E-state index contributed by atoms with van der Waals surface area (Å²) in [4.78, 5) is 12.8. The van der Waals surface area contributed by atoms with E-state index in [0.717, 1.165) is 27.2 Å². The van der Waals surface area contributed by atoms with E-state index in [4.69, 9.17) is 16.0 Å². The first-order valence-corrected chi connectivity index (χ1v) is 8.26. The summed E-state index contributed by atoms with van der Waals surface area (Å²) >= 11 is 7.65. The van der Waals surface area contributed by atoms with Crippen LogP contribution >= 0.6 is 22.9 Å². The first kappa shape index (κ1) is 15.8. The average molecular weight is 347 g/mol. The van der Waals surface area contributed by atoms with Crippen LogP contribution < -0.4 is 5.43 Å². The van der Waals surface area contributed by atoms with Gasteiger partial charge in [-0.2, -0.15) is 5.10 Å². The fraction of sp³-hybridized carbons (Fsp3) is 0.176. The van der Waals surface area contributed by atoms with Gasteiger partial charge in [-0.3, -0.25) is 4.79 Å². The van der Waals surface area contributed by atoms with Crippen LogP contribution in [-0.2, 0) is 0 Å². The minimum absolute atomic E-state index is 0.312. The molecule has 1 N–H and O–H groups in total. The third-order valence-electron chi connectivity index (χ3n) is 3.50. The second-order valence-corrected chi connectivity index (χ2v) is 6.64. The highest BCUT2D eigenvalue weighted by molar-refractivity contribution is 7.21. The van der Waals surface area contributed by atoms with Crippen LogP contribution in [0.25, 0.3) is 10.1 Å². The molecular formula is C17H15ClN2O2S. The molecule has 0 radical (unpaired) electrons. The van der Waals surface area contributed by atoms with Gasteiger partial charge in [0.25, 0.3) is 5.91 Å². The number of amides is 1. The van der Waals surface area contributed by atoms with Crippen molar-refractivity contribution in [1.29, 1.82) is 0 Å². The Hall–Kier alpha value is -2.11. The standard InChI is InChI=1S/C17H15ClN2O2S/c1-9-8-13(11(3)22-9)10(2)19-20-17(21)16-15(18)12-6-4-5-7-14(12)23-16/h4-8H,1-3H3,(H,20,21)/b19-10-. The van der Waals surface area contributed by atoms with Gasteiger partial charge in [-0.15, -0.1) is 11.3 Å². The first-order valence-electron chi connectivity index (χ1n) is 7.06. The molecule has 0 saturated heterocycles. The minimum Gasteiger partial charge on any atom is -0.466 e. The molecule has 1 amide bonds. The number of carbonyl (C=O) groups excluding carboxylic acids is 1. The lowest BCUT2D eigenvalue weighted by Crippen LogP contribution is -2.18. The van der Waals surface area contributed by atoms with E-state index in [1.807, 2.05) is 51.1 Å². The van der Waals surface area contributed by atoms with E-state index in [9.17, 15) is 4.79 Å². The third-order valence-corrected chi connectivity index (χ3v) is 5.17. The number of rotatable bonds is 3. The monoisotopic (exact) mass is 346 g/mol. The number of hydrogen-bond acceptors (Lipinski definition) is 4. The Kier molecular flexibility index (Phi) is 4.24. The molecule has 0 saturated carbocycles. The second kappa shape index (κ2) is 6.18. The lowest BCUT2D eigenvalue weighted by atomic mass is 10.2. The number of carbonyl (C=O) groups is 1. The fourth-order valence-corrected chi connectivity index (χ4v) is 3.80. The Morgan fingerprint density at radius 3 is 2.70 bits per heavy atom. The Balaban J connectivity index is 1.85. The van der Waals surface area contributed by atoms with Gasteiger partial charge in [-0.25, -0.2) is 5.43 Å². The summed E-state index contributed by atoms with van der Waals surface area (Å²) in [6.07, 6.45) is 0. The number of benzene rings is 1. The molecule has 1 aromatic carbocycles. The van der Waals surface area contributed by atoms with Crippen molar-refractivity contribution in [2.24, 2.45) is 5.10 Å². The van der Waals surface area contributed by atoms with Crippen LogP contribution in [0.1, 0.15) is 33.7 Å². The molecule has 0 aliphatic rings. The number of hydrogen-bond donors (Lipinski definition) is 1. The highest BCUT2D eigenvalue weighted by Gasteiger charge is 2.17. The smallest absolute Gasteiger partial charge is 0.283 e. The van der Waals surface area contributed by atoms with Crippen LogP contribution in [0.4, 0.5) is 0 Å². The number of thiophene rings is 1.